The van der Waals surface area contributed by atoms with E-state index >= 15 is 0 Å². The maximum Gasteiger partial charge on any atom is 0.103 e. The fraction of sp³-hybridized carbons (Fsp3) is 0.412. The van der Waals surface area contributed by atoms with Crippen LogP contribution < -0.4 is 16.4 Å². The molecule has 194 valence electrons. The van der Waals surface area contributed by atoms with Crippen molar-refractivity contribution in [2.24, 2.45) is 5.73 Å². The molecular formula is C34H43N3. The molecule has 2 aliphatic carbocycles. The van der Waals surface area contributed by atoms with Gasteiger partial charge in [-0.1, -0.05) is 117 Å². The van der Waals surface area contributed by atoms with Crippen LogP contribution in [0.2, 0.25) is 0 Å². The Morgan fingerprint density at radius 2 is 1.32 bits per heavy atom. The van der Waals surface area contributed by atoms with Crippen molar-refractivity contribution in [3.63, 3.8) is 0 Å². The second-order valence-electron chi connectivity index (χ2n) is 10.9. The molecule has 0 amide bonds. The lowest BCUT2D eigenvalue weighted by Gasteiger charge is -2.32. The van der Waals surface area contributed by atoms with Crippen LogP contribution in [0, 0.1) is 0 Å². The first-order valence-corrected chi connectivity index (χ1v) is 14.5. The Kier molecular flexibility index (Phi) is 8.97. The van der Waals surface area contributed by atoms with Gasteiger partial charge in [0.25, 0.3) is 0 Å². The number of benzene rings is 3. The van der Waals surface area contributed by atoms with Gasteiger partial charge in [-0.05, 0) is 60.1 Å². The van der Waals surface area contributed by atoms with E-state index in [1.165, 1.54) is 91.9 Å². The van der Waals surface area contributed by atoms with Crippen LogP contribution in [0.5, 0.6) is 0 Å². The molecule has 0 heterocycles. The first kappa shape index (κ1) is 25.6. The van der Waals surface area contributed by atoms with Crippen LogP contribution in [0.1, 0.15) is 87.8 Å². The molecular weight excluding hydrogens is 450 g/mol. The Morgan fingerprint density at radius 1 is 0.730 bits per heavy atom. The van der Waals surface area contributed by atoms with E-state index in [2.05, 4.69) is 95.6 Å². The van der Waals surface area contributed by atoms with Crippen molar-refractivity contribution in [1.82, 2.24) is 10.6 Å². The zero-order valence-corrected chi connectivity index (χ0v) is 22.2. The molecule has 2 saturated carbocycles. The van der Waals surface area contributed by atoms with Crippen molar-refractivity contribution in [2.75, 3.05) is 0 Å². The molecule has 1 unspecified atom stereocenters. The summed E-state index contributed by atoms with van der Waals surface area (Å²) in [5, 5.41) is 10.5. The topological polar surface area (TPSA) is 50.1 Å². The van der Waals surface area contributed by atoms with E-state index in [1.54, 1.807) is 0 Å². The minimum atomic E-state index is -0.123. The lowest BCUT2D eigenvalue weighted by Crippen LogP contribution is -2.41. The molecule has 3 heteroatoms. The SMILES string of the molecule is NC(C=CCC(=C(NC1CCCCC1)NC1CCCCC1)c1ccccc1)c1ccc2ccccc2c1. The maximum absolute atomic E-state index is 6.65. The first-order chi connectivity index (χ1) is 18.3. The monoisotopic (exact) mass is 493 g/mol. The highest BCUT2D eigenvalue weighted by molar-refractivity contribution is 5.83. The van der Waals surface area contributed by atoms with Crippen LogP contribution in [-0.2, 0) is 0 Å². The van der Waals surface area contributed by atoms with Crippen molar-refractivity contribution in [2.45, 2.75) is 88.8 Å². The second kappa shape index (κ2) is 13.0. The third-order valence-corrected chi connectivity index (χ3v) is 8.16. The summed E-state index contributed by atoms with van der Waals surface area (Å²) in [6.45, 7) is 0. The van der Waals surface area contributed by atoms with Gasteiger partial charge in [0.05, 0.1) is 0 Å². The molecule has 5 rings (SSSR count). The largest absolute Gasteiger partial charge is 0.369 e. The smallest absolute Gasteiger partial charge is 0.103 e. The number of allylic oxidation sites excluding steroid dienone is 2. The van der Waals surface area contributed by atoms with Crippen LogP contribution in [0.25, 0.3) is 16.3 Å². The average Bonchev–Trinajstić information content (AvgIpc) is 2.96. The van der Waals surface area contributed by atoms with Gasteiger partial charge in [0.15, 0.2) is 0 Å². The van der Waals surface area contributed by atoms with Crippen LogP contribution in [0.3, 0.4) is 0 Å². The van der Waals surface area contributed by atoms with Crippen LogP contribution in [0.4, 0.5) is 0 Å². The van der Waals surface area contributed by atoms with Crippen molar-refractivity contribution in [3.05, 3.63) is 102 Å². The summed E-state index contributed by atoms with van der Waals surface area (Å²) in [6, 6.07) is 26.9. The predicted molar refractivity (Wildman–Crippen MR) is 158 cm³/mol. The van der Waals surface area contributed by atoms with E-state index in [9.17, 15) is 0 Å². The standard InChI is InChI=1S/C34H43N3/c35-33(29-24-23-26-13-10-11-16-28(26)25-29)22-12-21-32(27-14-4-1-5-15-27)34(36-30-17-6-2-7-18-30)37-31-19-8-3-9-20-31/h1,4-5,10-16,22-25,30-31,33,36-37H,2-3,6-9,17-21,35H2. The highest BCUT2D eigenvalue weighted by atomic mass is 15.1. The van der Waals surface area contributed by atoms with Gasteiger partial charge in [-0.3, -0.25) is 0 Å². The summed E-state index contributed by atoms with van der Waals surface area (Å²) in [6.07, 6.45) is 18.4. The van der Waals surface area contributed by atoms with Gasteiger partial charge in [0, 0.05) is 23.7 Å². The molecule has 3 nitrogen and oxygen atoms in total. The normalized spacial score (nSPS) is 18.1. The summed E-state index contributed by atoms with van der Waals surface area (Å²) >= 11 is 0. The molecule has 2 aliphatic rings. The lowest BCUT2D eigenvalue weighted by molar-refractivity contribution is 0.356. The molecule has 37 heavy (non-hydrogen) atoms. The number of nitrogens with one attached hydrogen (secondary N) is 2. The van der Waals surface area contributed by atoms with Crippen molar-refractivity contribution < 1.29 is 0 Å². The van der Waals surface area contributed by atoms with Gasteiger partial charge in [0.1, 0.15) is 5.82 Å². The fourth-order valence-electron chi connectivity index (χ4n) is 5.98. The summed E-state index contributed by atoms with van der Waals surface area (Å²) in [5.41, 5.74) is 10.4. The zero-order chi connectivity index (χ0) is 25.3. The third-order valence-electron chi connectivity index (χ3n) is 8.16. The van der Waals surface area contributed by atoms with Gasteiger partial charge < -0.3 is 16.4 Å². The van der Waals surface area contributed by atoms with Gasteiger partial charge in [-0.25, -0.2) is 0 Å². The molecule has 1 atom stereocenters. The fourth-order valence-corrected chi connectivity index (χ4v) is 5.98. The van der Waals surface area contributed by atoms with Gasteiger partial charge in [0.2, 0.25) is 0 Å². The maximum atomic E-state index is 6.65. The Labute approximate surface area is 223 Å². The van der Waals surface area contributed by atoms with Gasteiger partial charge in [-0.2, -0.15) is 0 Å². The number of hydrogen-bond donors (Lipinski definition) is 3. The summed E-state index contributed by atoms with van der Waals surface area (Å²) in [4.78, 5) is 0. The predicted octanol–water partition coefficient (Wildman–Crippen LogP) is 8.00. The summed E-state index contributed by atoms with van der Waals surface area (Å²) < 4.78 is 0. The van der Waals surface area contributed by atoms with E-state index in [-0.39, 0.29) is 6.04 Å². The third kappa shape index (κ3) is 7.05. The minimum Gasteiger partial charge on any atom is -0.369 e. The Hall–Kier alpha value is -3.04. The van der Waals surface area contributed by atoms with E-state index in [1.807, 2.05) is 0 Å². The number of fused-ring (bicyclic) bond motifs is 1. The van der Waals surface area contributed by atoms with Crippen molar-refractivity contribution >= 4 is 16.3 Å². The van der Waals surface area contributed by atoms with E-state index < -0.39 is 0 Å². The van der Waals surface area contributed by atoms with Crippen molar-refractivity contribution in [1.29, 1.82) is 0 Å². The molecule has 2 fully saturated rings. The number of hydrogen-bond acceptors (Lipinski definition) is 3. The minimum absolute atomic E-state index is 0.123. The Bertz CT molecular complexity index is 1160. The second-order valence-corrected chi connectivity index (χ2v) is 10.9. The lowest BCUT2D eigenvalue weighted by atomic mass is 9.93. The van der Waals surface area contributed by atoms with Crippen LogP contribution in [-0.4, -0.2) is 12.1 Å². The van der Waals surface area contributed by atoms with E-state index in [0.29, 0.717) is 12.1 Å². The highest BCUT2D eigenvalue weighted by Crippen LogP contribution is 2.27. The molecule has 3 aromatic rings. The Balaban J connectivity index is 1.40. The van der Waals surface area contributed by atoms with Crippen LogP contribution >= 0.6 is 0 Å². The average molecular weight is 494 g/mol. The Morgan fingerprint density at radius 3 is 1.97 bits per heavy atom. The van der Waals surface area contributed by atoms with Gasteiger partial charge >= 0.3 is 0 Å². The summed E-state index contributed by atoms with van der Waals surface area (Å²) in [5.74, 6) is 1.24. The van der Waals surface area contributed by atoms with Crippen LogP contribution in [0.15, 0.2) is 90.8 Å². The molecule has 0 aliphatic heterocycles. The van der Waals surface area contributed by atoms with Crippen molar-refractivity contribution in [3.8, 4) is 0 Å². The van der Waals surface area contributed by atoms with Gasteiger partial charge in [-0.15, -0.1) is 0 Å². The zero-order valence-electron chi connectivity index (χ0n) is 22.2. The van der Waals surface area contributed by atoms with E-state index in [4.69, 9.17) is 5.73 Å². The molecule has 0 aromatic heterocycles. The number of nitrogens with two attached hydrogens (primary N) is 1. The molecule has 4 N–H and O–H groups in total. The highest BCUT2D eigenvalue weighted by Gasteiger charge is 2.20. The quantitative estimate of drug-likeness (QED) is 0.265. The first-order valence-electron chi connectivity index (χ1n) is 14.5. The molecule has 0 radical (unpaired) electrons. The molecule has 3 aromatic carbocycles. The van der Waals surface area contributed by atoms with E-state index in [0.717, 1.165) is 12.0 Å². The molecule has 0 bridgehead atoms. The number of rotatable bonds is 9. The molecule has 0 spiro atoms. The summed E-state index contributed by atoms with van der Waals surface area (Å²) in [7, 11) is 0. The molecule has 0 saturated heterocycles.